The van der Waals surface area contributed by atoms with Crippen molar-refractivity contribution in [2.75, 3.05) is 13.1 Å². The summed E-state index contributed by atoms with van der Waals surface area (Å²) in [5.41, 5.74) is 0.731. The lowest BCUT2D eigenvalue weighted by atomic mass is 10.0. The summed E-state index contributed by atoms with van der Waals surface area (Å²) in [5.74, 6) is 0.273. The van der Waals surface area contributed by atoms with E-state index >= 15 is 0 Å². The Morgan fingerprint density at radius 1 is 1.38 bits per heavy atom. The van der Waals surface area contributed by atoms with E-state index in [0.717, 1.165) is 36.0 Å². The molecule has 0 spiro atoms. The maximum atomic E-state index is 12.5. The molecule has 1 N–H and O–H groups in total. The average Bonchev–Trinajstić information content (AvgIpc) is 2.51. The Balaban J connectivity index is 1.92. The Morgan fingerprint density at radius 3 is 2.62 bits per heavy atom. The molecule has 1 aromatic rings. The zero-order valence-corrected chi connectivity index (χ0v) is 15.5. The zero-order chi connectivity index (χ0) is 17.7. The fraction of sp³-hybridized carbons (Fsp3) is 0.588. The first-order valence-electron chi connectivity index (χ1n) is 8.11. The summed E-state index contributed by atoms with van der Waals surface area (Å²) in [6.07, 6.45) is 1.72. The van der Waals surface area contributed by atoms with Crippen molar-refractivity contribution in [1.82, 2.24) is 10.2 Å². The lowest BCUT2D eigenvalue weighted by Crippen LogP contribution is -2.45. The number of nitrogens with one attached hydrogen (secondary N) is 1. The number of alkyl halides is 2. The van der Waals surface area contributed by atoms with Gasteiger partial charge in [-0.2, -0.15) is 8.78 Å². The molecule has 7 heteroatoms. The van der Waals surface area contributed by atoms with E-state index in [4.69, 9.17) is 0 Å². The van der Waals surface area contributed by atoms with Crippen LogP contribution in [-0.4, -0.2) is 36.5 Å². The van der Waals surface area contributed by atoms with E-state index < -0.39 is 6.61 Å². The summed E-state index contributed by atoms with van der Waals surface area (Å²) in [6.45, 7) is 3.09. The highest BCUT2D eigenvalue weighted by molar-refractivity contribution is 9.10. The minimum absolute atomic E-state index is 0.0150. The van der Waals surface area contributed by atoms with Crippen molar-refractivity contribution in [2.24, 2.45) is 5.92 Å². The van der Waals surface area contributed by atoms with Crippen molar-refractivity contribution in [2.45, 2.75) is 45.9 Å². The highest BCUT2D eigenvalue weighted by atomic mass is 79.9. The van der Waals surface area contributed by atoms with E-state index in [1.54, 1.807) is 12.1 Å². The van der Waals surface area contributed by atoms with E-state index in [9.17, 15) is 13.6 Å². The number of carbonyl (C=O) groups excluding carboxylic acids is 1. The zero-order valence-electron chi connectivity index (χ0n) is 13.9. The Labute approximate surface area is 149 Å². The second-order valence-corrected chi connectivity index (χ2v) is 7.26. The smallest absolute Gasteiger partial charge is 0.387 e. The van der Waals surface area contributed by atoms with Crippen molar-refractivity contribution in [1.29, 1.82) is 0 Å². The molecule has 1 fully saturated rings. The van der Waals surface area contributed by atoms with Gasteiger partial charge in [-0.1, -0.05) is 29.8 Å². The number of halogens is 3. The van der Waals surface area contributed by atoms with Crippen molar-refractivity contribution < 1.29 is 18.3 Å². The monoisotopic (exact) mass is 404 g/mol. The van der Waals surface area contributed by atoms with Gasteiger partial charge in [0.1, 0.15) is 5.75 Å². The van der Waals surface area contributed by atoms with E-state index in [1.807, 2.05) is 19.9 Å². The summed E-state index contributed by atoms with van der Waals surface area (Å²) in [6, 6.07) is 5.25. The summed E-state index contributed by atoms with van der Waals surface area (Å²) in [4.78, 5) is 13.9. The largest absolute Gasteiger partial charge is 0.434 e. The third-order valence-electron chi connectivity index (χ3n) is 4.09. The van der Waals surface area contributed by atoms with E-state index in [-0.39, 0.29) is 23.6 Å². The number of benzene rings is 1. The predicted octanol–water partition coefficient (Wildman–Crippen LogP) is 3.79. The molecule has 0 aliphatic carbocycles. The van der Waals surface area contributed by atoms with Gasteiger partial charge in [0.05, 0.1) is 0 Å². The number of carbonyl (C=O) groups is 1. The van der Waals surface area contributed by atoms with Crippen LogP contribution in [0.3, 0.4) is 0 Å². The Bertz CT molecular complexity index is 562. The maximum Gasteiger partial charge on any atom is 0.387 e. The highest BCUT2D eigenvalue weighted by Crippen LogP contribution is 2.27. The van der Waals surface area contributed by atoms with Crippen LogP contribution in [0.1, 0.15) is 32.3 Å². The van der Waals surface area contributed by atoms with Crippen LogP contribution in [0, 0.1) is 5.92 Å². The van der Waals surface area contributed by atoms with Crippen molar-refractivity contribution in [3.8, 4) is 5.75 Å². The molecule has 1 amide bonds. The quantitative estimate of drug-likeness (QED) is 0.783. The SMILES string of the molecule is CC(C)C(=O)NC1CCN(Cc2cc(Br)ccc2OC(F)F)CC1. The lowest BCUT2D eigenvalue weighted by Gasteiger charge is -2.33. The van der Waals surface area contributed by atoms with Crippen molar-refractivity contribution in [3.05, 3.63) is 28.2 Å². The Kier molecular flexibility index (Phi) is 6.98. The predicted molar refractivity (Wildman–Crippen MR) is 92.1 cm³/mol. The maximum absolute atomic E-state index is 12.5. The van der Waals surface area contributed by atoms with Gasteiger partial charge in [-0.3, -0.25) is 9.69 Å². The normalized spacial score (nSPS) is 16.6. The second-order valence-electron chi connectivity index (χ2n) is 6.34. The van der Waals surface area contributed by atoms with Gasteiger partial charge in [-0.05, 0) is 31.0 Å². The van der Waals surface area contributed by atoms with Crippen LogP contribution in [0.25, 0.3) is 0 Å². The molecular weight excluding hydrogens is 382 g/mol. The minimum Gasteiger partial charge on any atom is -0.434 e. The molecule has 0 aromatic heterocycles. The molecule has 0 atom stereocenters. The van der Waals surface area contributed by atoms with Gasteiger partial charge in [0.2, 0.25) is 5.91 Å². The molecule has 24 heavy (non-hydrogen) atoms. The van der Waals surface area contributed by atoms with Crippen LogP contribution in [-0.2, 0) is 11.3 Å². The first-order valence-corrected chi connectivity index (χ1v) is 8.90. The number of likely N-dealkylation sites (tertiary alicyclic amines) is 1. The topological polar surface area (TPSA) is 41.6 Å². The Hall–Kier alpha value is -1.21. The van der Waals surface area contributed by atoms with Crippen LogP contribution < -0.4 is 10.1 Å². The molecule has 1 heterocycles. The van der Waals surface area contributed by atoms with Gasteiger partial charge < -0.3 is 10.1 Å². The van der Waals surface area contributed by atoms with E-state index in [2.05, 4.69) is 30.9 Å². The third-order valence-corrected chi connectivity index (χ3v) is 4.58. The number of hydrogen-bond acceptors (Lipinski definition) is 3. The first kappa shape index (κ1) is 19.1. The van der Waals surface area contributed by atoms with E-state index in [0.29, 0.717) is 6.54 Å². The van der Waals surface area contributed by atoms with Crippen LogP contribution in [0.4, 0.5) is 8.78 Å². The molecule has 1 saturated heterocycles. The van der Waals surface area contributed by atoms with Crippen LogP contribution >= 0.6 is 15.9 Å². The van der Waals surface area contributed by atoms with Crippen LogP contribution in [0.2, 0.25) is 0 Å². The number of amides is 1. The molecule has 1 aromatic carbocycles. The van der Waals surface area contributed by atoms with Gasteiger partial charge in [0.25, 0.3) is 0 Å². The summed E-state index contributed by atoms with van der Waals surface area (Å²) in [7, 11) is 0. The fourth-order valence-electron chi connectivity index (χ4n) is 2.73. The van der Waals surface area contributed by atoms with Gasteiger partial charge in [-0.15, -0.1) is 0 Å². The van der Waals surface area contributed by atoms with Crippen molar-refractivity contribution >= 4 is 21.8 Å². The molecule has 0 radical (unpaired) electrons. The molecule has 0 unspecified atom stereocenters. The summed E-state index contributed by atoms with van der Waals surface area (Å²) >= 11 is 3.37. The second kappa shape index (κ2) is 8.76. The molecule has 0 bridgehead atoms. The lowest BCUT2D eigenvalue weighted by molar-refractivity contribution is -0.125. The number of hydrogen-bond donors (Lipinski definition) is 1. The molecule has 0 saturated carbocycles. The Morgan fingerprint density at radius 2 is 2.04 bits per heavy atom. The van der Waals surface area contributed by atoms with Gasteiger partial charge in [0, 0.05) is 41.6 Å². The fourth-order valence-corrected chi connectivity index (χ4v) is 3.14. The number of ether oxygens (including phenoxy) is 1. The summed E-state index contributed by atoms with van der Waals surface area (Å²) < 4.78 is 30.5. The summed E-state index contributed by atoms with van der Waals surface area (Å²) in [5, 5.41) is 3.05. The van der Waals surface area contributed by atoms with E-state index in [1.165, 1.54) is 0 Å². The number of nitrogens with zero attached hydrogens (tertiary/aromatic N) is 1. The average molecular weight is 405 g/mol. The van der Waals surface area contributed by atoms with Crippen molar-refractivity contribution in [3.63, 3.8) is 0 Å². The molecular formula is C17H23BrF2N2O2. The van der Waals surface area contributed by atoms with Crippen LogP contribution in [0.15, 0.2) is 22.7 Å². The molecule has 134 valence electrons. The third kappa shape index (κ3) is 5.70. The van der Waals surface area contributed by atoms with Gasteiger partial charge >= 0.3 is 6.61 Å². The molecule has 2 rings (SSSR count). The minimum atomic E-state index is -2.83. The molecule has 1 aliphatic rings. The van der Waals surface area contributed by atoms with Gasteiger partial charge in [0.15, 0.2) is 0 Å². The number of piperidine rings is 1. The standard InChI is InChI=1S/C17H23BrF2N2O2/c1-11(2)16(23)21-14-5-7-22(8-6-14)10-12-9-13(18)3-4-15(12)24-17(19)20/h3-4,9,11,14,17H,5-8,10H2,1-2H3,(H,21,23). The molecule has 4 nitrogen and oxygen atoms in total. The molecule has 1 aliphatic heterocycles. The van der Waals surface area contributed by atoms with Gasteiger partial charge in [-0.25, -0.2) is 0 Å². The number of rotatable bonds is 6. The highest BCUT2D eigenvalue weighted by Gasteiger charge is 2.22. The van der Waals surface area contributed by atoms with Crippen LogP contribution in [0.5, 0.6) is 5.75 Å². The first-order chi connectivity index (χ1) is 11.3.